The predicted molar refractivity (Wildman–Crippen MR) is 123 cm³/mol. The summed E-state index contributed by atoms with van der Waals surface area (Å²) in [7, 11) is 0. The van der Waals surface area contributed by atoms with Crippen LogP contribution in [0.1, 0.15) is 50.0 Å². The van der Waals surface area contributed by atoms with E-state index in [0.717, 1.165) is 41.6 Å². The molecule has 2 aromatic heterocycles. The molecule has 0 saturated heterocycles. The Morgan fingerprint density at radius 3 is 2.68 bits per heavy atom. The number of amides is 2. The number of aromatic nitrogens is 1. The summed E-state index contributed by atoms with van der Waals surface area (Å²) in [6, 6.07) is 11.6. The summed E-state index contributed by atoms with van der Waals surface area (Å²) in [4.78, 5) is 30.1. The fourth-order valence-corrected chi connectivity index (χ4v) is 5.77. The first kappa shape index (κ1) is 20.1. The molecule has 0 bridgehead atoms. The minimum Gasteiger partial charge on any atom is -0.494 e. The summed E-state index contributed by atoms with van der Waals surface area (Å²) >= 11 is 1.60. The minimum atomic E-state index is -1.03. The van der Waals surface area contributed by atoms with Gasteiger partial charge in [0.15, 0.2) is 0 Å². The Balaban J connectivity index is 1.58. The molecule has 1 fully saturated rings. The van der Waals surface area contributed by atoms with E-state index >= 15 is 0 Å². The van der Waals surface area contributed by atoms with Crippen LogP contribution in [0.3, 0.4) is 0 Å². The summed E-state index contributed by atoms with van der Waals surface area (Å²) in [6.45, 7) is 4.82. The molecule has 0 radical (unpaired) electrons. The number of ether oxygens (including phenoxy) is 1. The highest BCUT2D eigenvalue weighted by Gasteiger charge is 2.49. The molecule has 0 unspecified atom stereocenters. The van der Waals surface area contributed by atoms with Crippen LogP contribution in [0.25, 0.3) is 10.2 Å². The first-order valence-corrected chi connectivity index (χ1v) is 11.8. The Labute approximate surface area is 185 Å². The molecule has 1 aliphatic carbocycles. The highest BCUT2D eigenvalue weighted by molar-refractivity contribution is 7.16. The van der Waals surface area contributed by atoms with Gasteiger partial charge < -0.3 is 14.6 Å². The van der Waals surface area contributed by atoms with Gasteiger partial charge in [-0.1, -0.05) is 12.8 Å². The van der Waals surface area contributed by atoms with Crippen LogP contribution in [0, 0.1) is 0 Å². The average molecular weight is 438 g/mol. The van der Waals surface area contributed by atoms with E-state index in [4.69, 9.17) is 4.74 Å². The number of thiophene rings is 1. The molecular formula is C24H27N3O3S. The summed E-state index contributed by atoms with van der Waals surface area (Å²) in [5.41, 5.74) is 0.297. The van der Waals surface area contributed by atoms with Gasteiger partial charge in [0, 0.05) is 17.1 Å². The van der Waals surface area contributed by atoms with Gasteiger partial charge in [0.25, 0.3) is 5.91 Å². The van der Waals surface area contributed by atoms with Gasteiger partial charge in [-0.25, -0.2) is 0 Å². The molecule has 5 rings (SSSR count). The van der Waals surface area contributed by atoms with Crippen LogP contribution < -0.4 is 15.0 Å². The van der Waals surface area contributed by atoms with Crippen LogP contribution in [0.2, 0.25) is 0 Å². The van der Waals surface area contributed by atoms with Crippen LogP contribution in [0.15, 0.2) is 41.8 Å². The first-order chi connectivity index (χ1) is 15.0. The quantitative estimate of drug-likeness (QED) is 0.636. The van der Waals surface area contributed by atoms with Crippen molar-refractivity contribution in [2.75, 3.05) is 11.5 Å². The van der Waals surface area contributed by atoms with Crippen molar-refractivity contribution < 1.29 is 14.3 Å². The van der Waals surface area contributed by atoms with Crippen LogP contribution >= 0.6 is 11.3 Å². The van der Waals surface area contributed by atoms with Gasteiger partial charge in [-0.3, -0.25) is 14.5 Å². The summed E-state index contributed by atoms with van der Waals surface area (Å²) in [6.07, 6.45) is 4.28. The number of fused-ring (bicyclic) bond motifs is 3. The van der Waals surface area contributed by atoms with E-state index in [-0.39, 0.29) is 17.9 Å². The summed E-state index contributed by atoms with van der Waals surface area (Å²) in [5.74, 6) is 0.505. The van der Waals surface area contributed by atoms with Gasteiger partial charge in [0.2, 0.25) is 5.91 Å². The van der Waals surface area contributed by atoms with Crippen molar-refractivity contribution in [2.45, 2.75) is 57.7 Å². The minimum absolute atomic E-state index is 0.0920. The fourth-order valence-electron chi connectivity index (χ4n) is 4.87. The molecule has 7 heteroatoms. The molecule has 1 N–H and O–H groups in total. The summed E-state index contributed by atoms with van der Waals surface area (Å²) in [5, 5.41) is 6.31. The second-order valence-corrected chi connectivity index (χ2v) is 9.49. The largest absolute Gasteiger partial charge is 0.494 e. The van der Waals surface area contributed by atoms with Crippen molar-refractivity contribution in [1.82, 2.24) is 9.88 Å². The lowest BCUT2D eigenvalue weighted by Crippen LogP contribution is -2.65. The van der Waals surface area contributed by atoms with Gasteiger partial charge in [-0.05, 0) is 68.5 Å². The lowest BCUT2D eigenvalue weighted by atomic mass is 9.93. The number of nitrogens with one attached hydrogen (secondary N) is 1. The molecule has 1 aliphatic heterocycles. The SMILES string of the molecule is CCOc1ccc(N2C(=O)c3cc4ccsc4n3C[C@@]2(C)C(=O)NC2CCCC2)cc1. The second-order valence-electron chi connectivity index (χ2n) is 8.59. The highest BCUT2D eigenvalue weighted by atomic mass is 32.1. The number of benzene rings is 1. The molecule has 162 valence electrons. The van der Waals surface area contributed by atoms with Gasteiger partial charge >= 0.3 is 0 Å². The van der Waals surface area contributed by atoms with E-state index in [0.29, 0.717) is 24.5 Å². The molecule has 1 atom stereocenters. The molecule has 6 nitrogen and oxygen atoms in total. The zero-order valence-corrected chi connectivity index (χ0v) is 18.7. The van der Waals surface area contributed by atoms with Gasteiger partial charge in [-0.15, -0.1) is 11.3 Å². The fraction of sp³-hybridized carbons (Fsp3) is 0.417. The molecule has 1 aromatic carbocycles. The van der Waals surface area contributed by atoms with Gasteiger partial charge in [0.05, 0.1) is 13.2 Å². The maximum absolute atomic E-state index is 13.8. The number of anilines is 1. The maximum atomic E-state index is 13.8. The molecule has 2 aliphatic rings. The smallest absolute Gasteiger partial charge is 0.275 e. The average Bonchev–Trinajstić information content (AvgIpc) is 3.48. The van der Waals surface area contributed by atoms with E-state index in [2.05, 4.69) is 5.32 Å². The third kappa shape index (κ3) is 3.31. The Morgan fingerprint density at radius 1 is 1.23 bits per heavy atom. The van der Waals surface area contributed by atoms with E-state index in [9.17, 15) is 9.59 Å². The van der Waals surface area contributed by atoms with Crippen molar-refractivity contribution in [1.29, 1.82) is 0 Å². The maximum Gasteiger partial charge on any atom is 0.275 e. The van der Waals surface area contributed by atoms with Crippen LogP contribution in [0.4, 0.5) is 5.69 Å². The first-order valence-electron chi connectivity index (χ1n) is 11.0. The molecule has 31 heavy (non-hydrogen) atoms. The topological polar surface area (TPSA) is 63.6 Å². The molecular weight excluding hydrogens is 410 g/mol. The molecule has 0 spiro atoms. The Morgan fingerprint density at radius 2 is 1.97 bits per heavy atom. The Bertz CT molecular complexity index is 1130. The van der Waals surface area contributed by atoms with E-state index < -0.39 is 5.54 Å². The highest BCUT2D eigenvalue weighted by Crippen LogP contribution is 2.38. The summed E-state index contributed by atoms with van der Waals surface area (Å²) < 4.78 is 7.58. The Hall–Kier alpha value is -2.80. The number of rotatable bonds is 5. The third-order valence-electron chi connectivity index (χ3n) is 6.47. The van der Waals surface area contributed by atoms with E-state index in [1.807, 2.05) is 60.2 Å². The van der Waals surface area contributed by atoms with Gasteiger partial charge in [0.1, 0.15) is 21.8 Å². The van der Waals surface area contributed by atoms with Gasteiger partial charge in [-0.2, -0.15) is 0 Å². The van der Waals surface area contributed by atoms with Crippen molar-refractivity contribution >= 4 is 39.1 Å². The van der Waals surface area contributed by atoms with Crippen molar-refractivity contribution in [2.24, 2.45) is 0 Å². The monoisotopic (exact) mass is 437 g/mol. The van der Waals surface area contributed by atoms with Crippen molar-refractivity contribution in [3.05, 3.63) is 47.5 Å². The van der Waals surface area contributed by atoms with Crippen molar-refractivity contribution in [3.8, 4) is 5.75 Å². The second kappa shape index (κ2) is 7.71. The lowest BCUT2D eigenvalue weighted by molar-refractivity contribution is -0.127. The van der Waals surface area contributed by atoms with E-state index in [1.165, 1.54) is 0 Å². The Kier molecular flexibility index (Phi) is 5.01. The number of hydrogen-bond acceptors (Lipinski definition) is 4. The number of carbonyl (C=O) groups excluding carboxylic acids is 2. The molecule has 2 amide bonds. The normalized spacial score (nSPS) is 21.5. The van der Waals surface area contributed by atoms with Crippen LogP contribution in [-0.4, -0.2) is 34.6 Å². The zero-order chi connectivity index (χ0) is 21.6. The van der Waals surface area contributed by atoms with Crippen LogP contribution in [-0.2, 0) is 11.3 Å². The molecule has 3 aromatic rings. The lowest BCUT2D eigenvalue weighted by Gasteiger charge is -2.44. The third-order valence-corrected chi connectivity index (χ3v) is 7.42. The van der Waals surface area contributed by atoms with Crippen molar-refractivity contribution in [3.63, 3.8) is 0 Å². The number of hydrogen-bond donors (Lipinski definition) is 1. The van der Waals surface area contributed by atoms with Crippen LogP contribution in [0.5, 0.6) is 5.75 Å². The number of carbonyl (C=O) groups is 2. The predicted octanol–water partition coefficient (Wildman–Crippen LogP) is 4.58. The zero-order valence-electron chi connectivity index (χ0n) is 17.9. The number of nitrogens with zero attached hydrogens (tertiary/aromatic N) is 2. The molecule has 1 saturated carbocycles. The molecule has 3 heterocycles. The standard InChI is InChI=1S/C24H27N3O3S/c1-3-30-19-10-8-18(9-11-19)27-21(28)20-14-16-12-13-31-22(16)26(20)15-24(27,2)23(29)25-17-6-4-5-7-17/h8-14,17H,3-7,15H2,1-2H3,(H,25,29)/t24-/m0/s1. The van der Waals surface area contributed by atoms with E-state index in [1.54, 1.807) is 16.2 Å².